The van der Waals surface area contributed by atoms with E-state index in [-0.39, 0.29) is 28.2 Å². The van der Waals surface area contributed by atoms with Gasteiger partial charge in [0.1, 0.15) is 0 Å². The van der Waals surface area contributed by atoms with Gasteiger partial charge in [-0.05, 0) is 49.4 Å². The fourth-order valence-electron chi connectivity index (χ4n) is 3.59. The average Bonchev–Trinajstić information content (AvgIpc) is 3.45. The SMILES string of the molecule is CCS(=O)(=O)c1ccccc1C(=O)N(CC1CCCO1)c1nc2ccc(SC)cc2s1. The Balaban J connectivity index is 1.78. The molecule has 1 aromatic heterocycles. The zero-order valence-corrected chi connectivity index (χ0v) is 19.9. The van der Waals surface area contributed by atoms with Gasteiger partial charge in [-0.25, -0.2) is 13.4 Å². The van der Waals surface area contributed by atoms with Crippen molar-refractivity contribution < 1.29 is 17.9 Å². The Kier molecular flexibility index (Phi) is 6.66. The molecule has 1 aliphatic rings. The minimum atomic E-state index is -3.55. The minimum Gasteiger partial charge on any atom is -0.376 e. The molecule has 4 rings (SSSR count). The first-order valence-electron chi connectivity index (χ1n) is 10.1. The number of rotatable bonds is 7. The zero-order chi connectivity index (χ0) is 22.0. The number of nitrogens with zero attached hydrogens (tertiary/aromatic N) is 2. The van der Waals surface area contributed by atoms with Gasteiger partial charge in [0.25, 0.3) is 5.91 Å². The van der Waals surface area contributed by atoms with Crippen LogP contribution in [0.3, 0.4) is 0 Å². The van der Waals surface area contributed by atoms with Gasteiger partial charge < -0.3 is 4.74 Å². The lowest BCUT2D eigenvalue weighted by Gasteiger charge is -2.24. The molecular weight excluding hydrogens is 452 g/mol. The van der Waals surface area contributed by atoms with E-state index in [4.69, 9.17) is 9.72 Å². The van der Waals surface area contributed by atoms with E-state index in [0.29, 0.717) is 18.3 Å². The molecule has 31 heavy (non-hydrogen) atoms. The topological polar surface area (TPSA) is 76.6 Å². The molecular formula is C22H24N2O4S3. The highest BCUT2D eigenvalue weighted by Crippen LogP contribution is 2.33. The largest absolute Gasteiger partial charge is 0.376 e. The van der Waals surface area contributed by atoms with E-state index in [1.807, 2.05) is 18.4 Å². The van der Waals surface area contributed by atoms with E-state index >= 15 is 0 Å². The van der Waals surface area contributed by atoms with Crippen molar-refractivity contribution in [3.05, 3.63) is 48.0 Å². The van der Waals surface area contributed by atoms with E-state index in [1.165, 1.54) is 17.4 Å². The quantitative estimate of drug-likeness (QED) is 0.463. The minimum absolute atomic E-state index is 0.0608. The molecule has 0 N–H and O–H groups in total. The normalized spacial score (nSPS) is 16.6. The number of sulfone groups is 1. The van der Waals surface area contributed by atoms with Crippen molar-refractivity contribution in [2.45, 2.75) is 35.7 Å². The molecule has 164 valence electrons. The van der Waals surface area contributed by atoms with Crippen molar-refractivity contribution in [3.8, 4) is 0 Å². The van der Waals surface area contributed by atoms with Crippen LogP contribution in [0.1, 0.15) is 30.1 Å². The molecule has 1 saturated heterocycles. The van der Waals surface area contributed by atoms with Crippen LogP contribution in [0.2, 0.25) is 0 Å². The van der Waals surface area contributed by atoms with Gasteiger partial charge in [0.2, 0.25) is 0 Å². The highest BCUT2D eigenvalue weighted by molar-refractivity contribution is 7.98. The Morgan fingerprint density at radius 2 is 2.10 bits per heavy atom. The molecule has 0 aliphatic carbocycles. The summed E-state index contributed by atoms with van der Waals surface area (Å²) in [5, 5.41) is 0.553. The summed E-state index contributed by atoms with van der Waals surface area (Å²) in [6.45, 7) is 2.59. The van der Waals surface area contributed by atoms with Crippen LogP contribution in [-0.2, 0) is 14.6 Å². The lowest BCUT2D eigenvalue weighted by atomic mass is 10.1. The number of amides is 1. The molecule has 0 spiro atoms. The number of thioether (sulfide) groups is 1. The number of anilines is 1. The van der Waals surface area contributed by atoms with Crippen LogP contribution in [0.4, 0.5) is 5.13 Å². The third-order valence-corrected chi connectivity index (χ3v) is 8.86. The standard InChI is InChI=1S/C22H24N2O4S3/c1-3-31(26,27)20-9-5-4-8-17(20)21(25)24(14-15-7-6-12-28-15)22-23-18-11-10-16(29-2)13-19(18)30-22/h4-5,8-11,13,15H,3,6-7,12,14H2,1-2H3. The number of thiazole rings is 1. The van der Waals surface area contributed by atoms with Gasteiger partial charge in [-0.1, -0.05) is 30.4 Å². The van der Waals surface area contributed by atoms with Gasteiger partial charge in [0.15, 0.2) is 15.0 Å². The first kappa shape index (κ1) is 22.3. The smallest absolute Gasteiger partial charge is 0.261 e. The predicted octanol–water partition coefficient (Wildman–Crippen LogP) is 4.64. The third-order valence-electron chi connectivity index (χ3n) is 5.30. The summed E-state index contributed by atoms with van der Waals surface area (Å²) in [4.78, 5) is 21.2. The predicted molar refractivity (Wildman–Crippen MR) is 126 cm³/mol. The number of fused-ring (bicyclic) bond motifs is 1. The van der Waals surface area contributed by atoms with Crippen molar-refractivity contribution in [1.82, 2.24) is 4.98 Å². The highest BCUT2D eigenvalue weighted by atomic mass is 32.2. The summed E-state index contributed by atoms with van der Waals surface area (Å²) in [6, 6.07) is 12.4. The number of hydrogen-bond donors (Lipinski definition) is 0. The summed E-state index contributed by atoms with van der Waals surface area (Å²) in [6.07, 6.45) is 3.74. The molecule has 2 aromatic carbocycles. The van der Waals surface area contributed by atoms with Crippen molar-refractivity contribution in [3.63, 3.8) is 0 Å². The lowest BCUT2D eigenvalue weighted by molar-refractivity contribution is 0.0915. The van der Waals surface area contributed by atoms with E-state index in [0.717, 1.165) is 28.0 Å². The Hall–Kier alpha value is -1.94. The van der Waals surface area contributed by atoms with Gasteiger partial charge in [-0.3, -0.25) is 9.69 Å². The maximum absolute atomic E-state index is 13.7. The lowest BCUT2D eigenvalue weighted by Crippen LogP contribution is -2.38. The molecule has 3 aromatic rings. The molecule has 1 aliphatic heterocycles. The van der Waals surface area contributed by atoms with Crippen molar-refractivity contribution in [2.24, 2.45) is 0 Å². The van der Waals surface area contributed by atoms with Gasteiger partial charge in [-0.15, -0.1) is 11.8 Å². The molecule has 1 amide bonds. The fourth-order valence-corrected chi connectivity index (χ4v) is 6.20. The second-order valence-corrected chi connectivity index (χ2v) is 11.4. The van der Waals surface area contributed by atoms with E-state index in [9.17, 15) is 13.2 Å². The number of aromatic nitrogens is 1. The summed E-state index contributed by atoms with van der Waals surface area (Å²) in [5.74, 6) is -0.436. The van der Waals surface area contributed by atoms with E-state index in [2.05, 4.69) is 6.07 Å². The number of hydrogen-bond acceptors (Lipinski definition) is 7. The molecule has 1 atom stereocenters. The fraction of sp³-hybridized carbons (Fsp3) is 0.364. The van der Waals surface area contributed by atoms with Crippen LogP contribution >= 0.6 is 23.1 Å². The number of ether oxygens (including phenoxy) is 1. The maximum atomic E-state index is 13.7. The Morgan fingerprint density at radius 3 is 2.81 bits per heavy atom. The molecule has 6 nitrogen and oxygen atoms in total. The van der Waals surface area contributed by atoms with E-state index in [1.54, 1.807) is 41.8 Å². The molecule has 2 heterocycles. The third kappa shape index (κ3) is 4.64. The van der Waals surface area contributed by atoms with Crippen molar-refractivity contribution in [1.29, 1.82) is 0 Å². The Morgan fingerprint density at radius 1 is 1.29 bits per heavy atom. The van der Waals surface area contributed by atoms with Crippen LogP contribution < -0.4 is 4.90 Å². The second kappa shape index (κ2) is 9.28. The monoisotopic (exact) mass is 476 g/mol. The maximum Gasteiger partial charge on any atom is 0.261 e. The molecule has 1 fully saturated rings. The molecule has 1 unspecified atom stereocenters. The van der Waals surface area contributed by atoms with Crippen LogP contribution in [0, 0.1) is 0 Å². The number of benzene rings is 2. The van der Waals surface area contributed by atoms with E-state index < -0.39 is 9.84 Å². The first-order valence-corrected chi connectivity index (χ1v) is 13.8. The number of carbonyl (C=O) groups excluding carboxylic acids is 1. The number of carbonyl (C=O) groups is 1. The van der Waals surface area contributed by atoms with Gasteiger partial charge >= 0.3 is 0 Å². The summed E-state index contributed by atoms with van der Waals surface area (Å²) < 4.78 is 32.0. The van der Waals surface area contributed by atoms with Crippen LogP contribution in [0.25, 0.3) is 10.2 Å². The van der Waals surface area contributed by atoms with Gasteiger partial charge in [0, 0.05) is 11.5 Å². The molecule has 0 saturated carbocycles. The first-order chi connectivity index (χ1) is 14.9. The summed E-state index contributed by atoms with van der Waals surface area (Å²) >= 11 is 3.09. The van der Waals surface area contributed by atoms with Gasteiger partial charge in [-0.2, -0.15) is 0 Å². The molecule has 0 radical (unpaired) electrons. The average molecular weight is 477 g/mol. The van der Waals surface area contributed by atoms with Crippen LogP contribution in [0.5, 0.6) is 0 Å². The Labute approximate surface area is 190 Å². The summed E-state index contributed by atoms with van der Waals surface area (Å²) in [5.41, 5.74) is 0.990. The second-order valence-electron chi connectivity index (χ2n) is 7.28. The molecule has 0 bridgehead atoms. The zero-order valence-electron chi connectivity index (χ0n) is 17.4. The van der Waals surface area contributed by atoms with Crippen molar-refractivity contribution >= 4 is 54.2 Å². The highest BCUT2D eigenvalue weighted by Gasteiger charge is 2.30. The summed E-state index contributed by atoms with van der Waals surface area (Å²) in [7, 11) is -3.55. The Bertz CT molecular complexity index is 1200. The van der Waals surface area contributed by atoms with Crippen LogP contribution in [-0.4, -0.2) is 50.6 Å². The van der Waals surface area contributed by atoms with Crippen molar-refractivity contribution in [2.75, 3.05) is 30.1 Å². The molecule has 9 heteroatoms. The van der Waals surface area contributed by atoms with Crippen LogP contribution in [0.15, 0.2) is 52.3 Å². The van der Waals surface area contributed by atoms with Gasteiger partial charge in [0.05, 0.1) is 39.1 Å².